The van der Waals surface area contributed by atoms with Crippen molar-refractivity contribution >= 4 is 39.3 Å². The van der Waals surface area contributed by atoms with E-state index in [0.29, 0.717) is 13.0 Å². The van der Waals surface area contributed by atoms with Crippen LogP contribution in [-0.2, 0) is 16.4 Å². The van der Waals surface area contributed by atoms with Crippen molar-refractivity contribution < 1.29 is 17.6 Å². The number of hydrogen-bond donors (Lipinski definition) is 1. The number of nitrogens with one attached hydrogen (secondary N) is 1. The third-order valence-corrected chi connectivity index (χ3v) is 7.48. The van der Waals surface area contributed by atoms with Crippen molar-refractivity contribution in [3.63, 3.8) is 0 Å². The summed E-state index contributed by atoms with van der Waals surface area (Å²) in [5.74, 6) is -0.315. The Morgan fingerprint density at radius 3 is 2.28 bits per heavy atom. The number of halogens is 3. The Hall–Kier alpha value is -1.87. The maximum absolute atomic E-state index is 13.2. The van der Waals surface area contributed by atoms with Gasteiger partial charge in [-0.05, 0) is 36.2 Å². The summed E-state index contributed by atoms with van der Waals surface area (Å²) in [4.78, 5) is 13.8. The molecule has 0 unspecified atom stereocenters. The van der Waals surface area contributed by atoms with E-state index >= 15 is 0 Å². The summed E-state index contributed by atoms with van der Waals surface area (Å²) in [6, 6.07) is 10.5. The minimum atomic E-state index is -3.85. The van der Waals surface area contributed by atoms with Crippen LogP contribution in [0.2, 0.25) is 10.0 Å². The molecule has 1 aliphatic rings. The molecular weight excluding hydrogens is 440 g/mol. The van der Waals surface area contributed by atoms with Crippen molar-refractivity contribution in [2.45, 2.75) is 11.3 Å². The molecule has 2 aromatic rings. The van der Waals surface area contributed by atoms with Crippen molar-refractivity contribution in [1.82, 2.24) is 14.5 Å². The number of amides is 2. The number of carbonyl (C=O) groups excluding carboxylic acids is 1. The van der Waals surface area contributed by atoms with E-state index in [0.717, 1.165) is 5.56 Å². The van der Waals surface area contributed by atoms with Crippen molar-refractivity contribution in [3.8, 4) is 0 Å². The topological polar surface area (TPSA) is 69.7 Å². The first-order valence-corrected chi connectivity index (χ1v) is 11.2. The highest BCUT2D eigenvalue weighted by Gasteiger charge is 2.32. The molecule has 6 nitrogen and oxygen atoms in total. The molecule has 0 radical (unpaired) electrons. The molecule has 2 amide bonds. The van der Waals surface area contributed by atoms with E-state index in [1.54, 1.807) is 23.1 Å². The Balaban J connectivity index is 1.54. The lowest BCUT2D eigenvalue weighted by molar-refractivity contribution is 0.172. The summed E-state index contributed by atoms with van der Waals surface area (Å²) in [6.45, 7) is 1.12. The Labute approximate surface area is 179 Å². The second kappa shape index (κ2) is 9.30. The van der Waals surface area contributed by atoms with Crippen LogP contribution in [0.25, 0.3) is 0 Å². The van der Waals surface area contributed by atoms with Gasteiger partial charge in [0.25, 0.3) is 0 Å². The summed E-state index contributed by atoms with van der Waals surface area (Å²) in [5, 5.41) is 2.91. The number of urea groups is 1. The highest BCUT2D eigenvalue weighted by Crippen LogP contribution is 2.31. The molecule has 0 bridgehead atoms. The molecule has 1 aliphatic heterocycles. The summed E-state index contributed by atoms with van der Waals surface area (Å²) in [5.41, 5.74) is 0.790. The summed E-state index contributed by atoms with van der Waals surface area (Å²) < 4.78 is 40.2. The fourth-order valence-electron chi connectivity index (χ4n) is 3.11. The van der Waals surface area contributed by atoms with Crippen LogP contribution in [0.3, 0.4) is 0 Å². The lowest BCUT2D eigenvalue weighted by atomic mass is 10.1. The van der Waals surface area contributed by atoms with Crippen LogP contribution in [0.15, 0.2) is 47.4 Å². The quantitative estimate of drug-likeness (QED) is 0.744. The molecule has 0 spiro atoms. The Morgan fingerprint density at radius 1 is 1.03 bits per heavy atom. The summed E-state index contributed by atoms with van der Waals surface area (Å²) >= 11 is 12.1. The lowest BCUT2D eigenvalue weighted by Gasteiger charge is -2.34. The zero-order valence-corrected chi connectivity index (χ0v) is 17.8. The van der Waals surface area contributed by atoms with Gasteiger partial charge in [0.2, 0.25) is 10.0 Å². The van der Waals surface area contributed by atoms with Crippen LogP contribution in [-0.4, -0.2) is 56.4 Å². The zero-order chi connectivity index (χ0) is 21.0. The van der Waals surface area contributed by atoms with Gasteiger partial charge in [-0.25, -0.2) is 17.6 Å². The molecule has 1 saturated heterocycles. The lowest BCUT2D eigenvalue weighted by Crippen LogP contribution is -2.53. The number of rotatable bonds is 5. The van der Waals surface area contributed by atoms with Gasteiger partial charge in [-0.3, -0.25) is 0 Å². The van der Waals surface area contributed by atoms with Crippen LogP contribution in [0, 0.1) is 5.82 Å². The number of sulfonamides is 1. The van der Waals surface area contributed by atoms with Crippen molar-refractivity contribution in [2.24, 2.45) is 0 Å². The normalized spacial score (nSPS) is 15.3. The molecule has 156 valence electrons. The van der Waals surface area contributed by atoms with Gasteiger partial charge in [-0.15, -0.1) is 0 Å². The summed E-state index contributed by atoms with van der Waals surface area (Å²) in [7, 11) is -3.85. The molecule has 0 saturated carbocycles. The highest BCUT2D eigenvalue weighted by molar-refractivity contribution is 7.89. The van der Waals surface area contributed by atoms with Gasteiger partial charge in [0, 0.05) is 32.7 Å². The van der Waals surface area contributed by atoms with Gasteiger partial charge >= 0.3 is 6.03 Å². The Morgan fingerprint density at radius 2 is 1.66 bits per heavy atom. The van der Waals surface area contributed by atoms with Gasteiger partial charge in [-0.1, -0.05) is 41.4 Å². The smallest absolute Gasteiger partial charge is 0.317 e. The second-order valence-electron chi connectivity index (χ2n) is 6.55. The van der Waals surface area contributed by atoms with Gasteiger partial charge in [0.15, 0.2) is 0 Å². The minimum absolute atomic E-state index is 0.0648. The average molecular weight is 460 g/mol. The van der Waals surface area contributed by atoms with Gasteiger partial charge in [0.1, 0.15) is 10.7 Å². The fraction of sp³-hybridized carbons (Fsp3) is 0.316. The van der Waals surface area contributed by atoms with E-state index in [4.69, 9.17) is 23.2 Å². The second-order valence-corrected chi connectivity index (χ2v) is 9.24. The maximum atomic E-state index is 13.2. The molecule has 0 atom stereocenters. The van der Waals surface area contributed by atoms with E-state index < -0.39 is 10.0 Å². The van der Waals surface area contributed by atoms with Crippen LogP contribution >= 0.6 is 23.2 Å². The molecule has 10 heteroatoms. The average Bonchev–Trinajstić information content (AvgIpc) is 2.68. The molecule has 0 aromatic heterocycles. The SMILES string of the molecule is O=C(NCCc1cccc(F)c1)N1CCN(S(=O)(=O)c2c(Cl)cccc2Cl)CC1. The standard InChI is InChI=1S/C19H20Cl2FN3O3S/c20-16-5-2-6-17(21)18(16)29(27,28)25-11-9-24(10-12-25)19(26)23-8-7-14-3-1-4-15(22)13-14/h1-6,13H,7-12H2,(H,23,26). The largest absolute Gasteiger partial charge is 0.338 e. The molecular formula is C19H20Cl2FN3O3S. The van der Waals surface area contributed by atoms with Crippen LogP contribution in [0.4, 0.5) is 9.18 Å². The van der Waals surface area contributed by atoms with E-state index in [-0.39, 0.29) is 53.0 Å². The van der Waals surface area contributed by atoms with Crippen molar-refractivity contribution in [2.75, 3.05) is 32.7 Å². The van der Waals surface area contributed by atoms with Gasteiger partial charge < -0.3 is 10.2 Å². The summed E-state index contributed by atoms with van der Waals surface area (Å²) in [6.07, 6.45) is 0.503. The number of nitrogens with zero attached hydrogens (tertiary/aromatic N) is 2. The van der Waals surface area contributed by atoms with Gasteiger partial charge in [0.05, 0.1) is 10.0 Å². The van der Waals surface area contributed by atoms with Crippen molar-refractivity contribution in [3.05, 3.63) is 63.9 Å². The monoisotopic (exact) mass is 459 g/mol. The number of hydrogen-bond acceptors (Lipinski definition) is 3. The third kappa shape index (κ3) is 5.19. The first-order valence-electron chi connectivity index (χ1n) is 9.00. The number of benzene rings is 2. The molecule has 0 aliphatic carbocycles. The first-order chi connectivity index (χ1) is 13.8. The highest BCUT2D eigenvalue weighted by atomic mass is 35.5. The van der Waals surface area contributed by atoms with Crippen LogP contribution in [0.5, 0.6) is 0 Å². The Bertz CT molecular complexity index is 976. The molecule has 29 heavy (non-hydrogen) atoms. The van der Waals surface area contributed by atoms with Crippen LogP contribution < -0.4 is 5.32 Å². The molecule has 2 aromatic carbocycles. The third-order valence-electron chi connectivity index (χ3n) is 4.62. The van der Waals surface area contributed by atoms with E-state index in [1.807, 2.05) is 0 Å². The number of carbonyl (C=O) groups is 1. The zero-order valence-electron chi connectivity index (χ0n) is 15.4. The van der Waals surface area contributed by atoms with Gasteiger partial charge in [-0.2, -0.15) is 4.31 Å². The molecule has 3 rings (SSSR count). The molecule has 1 N–H and O–H groups in total. The predicted octanol–water partition coefficient (Wildman–Crippen LogP) is 3.39. The molecule has 1 heterocycles. The van der Waals surface area contributed by atoms with E-state index in [1.165, 1.54) is 28.6 Å². The van der Waals surface area contributed by atoms with E-state index in [9.17, 15) is 17.6 Å². The minimum Gasteiger partial charge on any atom is -0.338 e. The van der Waals surface area contributed by atoms with Crippen LogP contribution in [0.1, 0.15) is 5.56 Å². The fourth-order valence-corrected chi connectivity index (χ4v) is 5.62. The maximum Gasteiger partial charge on any atom is 0.317 e. The Kier molecular flexibility index (Phi) is 7.00. The number of piperazine rings is 1. The first kappa shape index (κ1) is 21.8. The molecule has 1 fully saturated rings. The predicted molar refractivity (Wildman–Crippen MR) is 110 cm³/mol. The van der Waals surface area contributed by atoms with Crippen molar-refractivity contribution in [1.29, 1.82) is 0 Å². The van der Waals surface area contributed by atoms with E-state index in [2.05, 4.69) is 5.32 Å².